The third-order valence-electron chi connectivity index (χ3n) is 3.58. The highest BCUT2D eigenvalue weighted by atomic mass is 16.2. The van der Waals surface area contributed by atoms with Crippen LogP contribution in [-0.2, 0) is 13.6 Å². The van der Waals surface area contributed by atoms with E-state index in [0.717, 1.165) is 32.7 Å². The Morgan fingerprint density at radius 1 is 1.53 bits per heavy atom. The zero-order chi connectivity index (χ0) is 11.8. The number of carbonyl (C=O) groups is 1. The SMILES string of the molecule is Cn1nccc1CN1CC(N2CCNC2=O)C1. The minimum Gasteiger partial charge on any atom is -0.336 e. The summed E-state index contributed by atoms with van der Waals surface area (Å²) in [4.78, 5) is 15.8. The van der Waals surface area contributed by atoms with Crippen LogP contribution in [0, 0.1) is 0 Å². The minimum atomic E-state index is 0.0928. The molecule has 3 rings (SSSR count). The first-order valence-corrected chi connectivity index (χ1v) is 5.98. The second-order valence-corrected chi connectivity index (χ2v) is 4.72. The van der Waals surface area contributed by atoms with Crippen molar-refractivity contribution in [2.24, 2.45) is 7.05 Å². The lowest BCUT2D eigenvalue weighted by Crippen LogP contribution is -2.59. The minimum absolute atomic E-state index is 0.0928. The van der Waals surface area contributed by atoms with E-state index < -0.39 is 0 Å². The molecule has 0 spiro atoms. The van der Waals surface area contributed by atoms with E-state index in [-0.39, 0.29) is 6.03 Å². The van der Waals surface area contributed by atoms with Crippen molar-refractivity contribution >= 4 is 6.03 Å². The van der Waals surface area contributed by atoms with Crippen LogP contribution in [0.2, 0.25) is 0 Å². The van der Waals surface area contributed by atoms with Crippen molar-refractivity contribution < 1.29 is 4.79 Å². The summed E-state index contributed by atoms with van der Waals surface area (Å²) in [5.41, 5.74) is 1.22. The van der Waals surface area contributed by atoms with Crippen molar-refractivity contribution in [3.63, 3.8) is 0 Å². The molecule has 92 valence electrons. The second-order valence-electron chi connectivity index (χ2n) is 4.72. The van der Waals surface area contributed by atoms with Gasteiger partial charge in [-0.3, -0.25) is 9.58 Å². The maximum Gasteiger partial charge on any atom is 0.317 e. The highest BCUT2D eigenvalue weighted by molar-refractivity contribution is 5.76. The Hall–Kier alpha value is -1.56. The van der Waals surface area contributed by atoms with Gasteiger partial charge in [0.1, 0.15) is 0 Å². The second kappa shape index (κ2) is 4.03. The van der Waals surface area contributed by atoms with Gasteiger partial charge in [0.25, 0.3) is 0 Å². The molecule has 1 aromatic rings. The van der Waals surface area contributed by atoms with Gasteiger partial charge in [0.05, 0.1) is 11.7 Å². The van der Waals surface area contributed by atoms with E-state index in [2.05, 4.69) is 15.3 Å². The predicted molar refractivity (Wildman–Crippen MR) is 62.4 cm³/mol. The maximum atomic E-state index is 11.5. The molecule has 6 heteroatoms. The Kier molecular flexibility index (Phi) is 2.51. The first-order chi connectivity index (χ1) is 8.24. The Morgan fingerprint density at radius 3 is 2.94 bits per heavy atom. The number of carbonyl (C=O) groups excluding carboxylic acids is 1. The number of hydrogen-bond acceptors (Lipinski definition) is 3. The first kappa shape index (κ1) is 10.6. The molecule has 0 unspecified atom stereocenters. The number of hydrogen-bond donors (Lipinski definition) is 1. The summed E-state index contributed by atoms with van der Waals surface area (Å²) in [5.74, 6) is 0. The van der Waals surface area contributed by atoms with E-state index in [0.29, 0.717) is 6.04 Å². The lowest BCUT2D eigenvalue weighted by molar-refractivity contribution is 0.0570. The van der Waals surface area contributed by atoms with Crippen LogP contribution in [0.5, 0.6) is 0 Å². The molecule has 2 aliphatic heterocycles. The Labute approximate surface area is 100 Å². The van der Waals surface area contributed by atoms with Gasteiger partial charge in [-0.15, -0.1) is 0 Å². The summed E-state index contributed by atoms with van der Waals surface area (Å²) in [6, 6.07) is 2.52. The Bertz CT molecular complexity index is 423. The van der Waals surface area contributed by atoms with E-state index in [1.54, 1.807) is 0 Å². The number of nitrogens with one attached hydrogen (secondary N) is 1. The lowest BCUT2D eigenvalue weighted by atomic mass is 10.1. The van der Waals surface area contributed by atoms with Gasteiger partial charge in [-0.05, 0) is 6.07 Å². The zero-order valence-electron chi connectivity index (χ0n) is 9.96. The topological polar surface area (TPSA) is 53.4 Å². The molecule has 2 aliphatic rings. The number of aromatic nitrogens is 2. The standard InChI is InChI=1S/C11H17N5O/c1-14-9(2-3-13-14)6-15-7-10(8-15)16-5-4-12-11(16)17/h2-3,10H,4-8H2,1H3,(H,12,17). The number of nitrogens with zero attached hydrogens (tertiary/aromatic N) is 4. The number of amides is 2. The molecule has 6 nitrogen and oxygen atoms in total. The molecule has 2 fully saturated rings. The van der Waals surface area contributed by atoms with Gasteiger partial charge in [0.2, 0.25) is 0 Å². The van der Waals surface area contributed by atoms with E-state index in [1.165, 1.54) is 5.69 Å². The summed E-state index contributed by atoms with van der Waals surface area (Å²) in [7, 11) is 1.96. The van der Waals surface area contributed by atoms with Crippen molar-refractivity contribution in [3.05, 3.63) is 18.0 Å². The fourth-order valence-corrected chi connectivity index (χ4v) is 2.49. The van der Waals surface area contributed by atoms with Gasteiger partial charge in [-0.1, -0.05) is 0 Å². The molecule has 1 aromatic heterocycles. The van der Waals surface area contributed by atoms with Crippen molar-refractivity contribution in [2.75, 3.05) is 26.2 Å². The van der Waals surface area contributed by atoms with Crippen molar-refractivity contribution in [1.29, 1.82) is 0 Å². The molecule has 2 amide bonds. The summed E-state index contributed by atoms with van der Waals surface area (Å²) in [6.45, 7) is 4.50. The van der Waals surface area contributed by atoms with Gasteiger partial charge >= 0.3 is 6.03 Å². The third-order valence-corrected chi connectivity index (χ3v) is 3.58. The van der Waals surface area contributed by atoms with Crippen LogP contribution in [0.1, 0.15) is 5.69 Å². The molecule has 3 heterocycles. The van der Waals surface area contributed by atoms with Crippen LogP contribution in [0.4, 0.5) is 4.79 Å². The van der Waals surface area contributed by atoms with Crippen LogP contribution in [-0.4, -0.2) is 57.8 Å². The van der Waals surface area contributed by atoms with E-state index in [1.807, 2.05) is 28.9 Å². The predicted octanol–water partition coefficient (Wildman–Crippen LogP) is -0.370. The van der Waals surface area contributed by atoms with E-state index in [9.17, 15) is 4.79 Å². The molecule has 0 atom stereocenters. The van der Waals surface area contributed by atoms with Crippen LogP contribution in [0.25, 0.3) is 0 Å². The summed E-state index contributed by atoms with van der Waals surface area (Å²) < 4.78 is 1.90. The molecule has 0 bridgehead atoms. The highest BCUT2D eigenvalue weighted by Crippen LogP contribution is 2.18. The van der Waals surface area contributed by atoms with Gasteiger partial charge in [0.15, 0.2) is 0 Å². The highest BCUT2D eigenvalue weighted by Gasteiger charge is 2.36. The number of likely N-dealkylation sites (tertiary alicyclic amines) is 1. The average molecular weight is 235 g/mol. The fraction of sp³-hybridized carbons (Fsp3) is 0.636. The Balaban J connectivity index is 1.52. The van der Waals surface area contributed by atoms with E-state index >= 15 is 0 Å². The van der Waals surface area contributed by atoms with Crippen LogP contribution >= 0.6 is 0 Å². The van der Waals surface area contributed by atoms with Crippen LogP contribution in [0.15, 0.2) is 12.3 Å². The third kappa shape index (κ3) is 1.88. The largest absolute Gasteiger partial charge is 0.336 e. The quantitative estimate of drug-likeness (QED) is 0.777. The molecule has 1 N–H and O–H groups in total. The molecule has 0 aliphatic carbocycles. The van der Waals surface area contributed by atoms with Crippen molar-refractivity contribution in [3.8, 4) is 0 Å². The van der Waals surface area contributed by atoms with Crippen molar-refractivity contribution in [2.45, 2.75) is 12.6 Å². The molecule has 17 heavy (non-hydrogen) atoms. The summed E-state index contributed by atoms with van der Waals surface area (Å²) in [6.07, 6.45) is 1.82. The van der Waals surface area contributed by atoms with Gasteiger partial charge in [-0.25, -0.2) is 4.79 Å². The summed E-state index contributed by atoms with van der Waals surface area (Å²) >= 11 is 0. The van der Waals surface area contributed by atoms with Crippen molar-refractivity contribution in [1.82, 2.24) is 24.9 Å². The maximum absolute atomic E-state index is 11.5. The number of aryl methyl sites for hydroxylation is 1. The zero-order valence-corrected chi connectivity index (χ0v) is 9.96. The fourth-order valence-electron chi connectivity index (χ4n) is 2.49. The molecular formula is C11H17N5O. The normalized spacial score (nSPS) is 21.7. The number of rotatable bonds is 3. The monoisotopic (exact) mass is 235 g/mol. The average Bonchev–Trinajstić information content (AvgIpc) is 2.82. The smallest absolute Gasteiger partial charge is 0.317 e. The number of urea groups is 1. The van der Waals surface area contributed by atoms with Gasteiger partial charge in [-0.2, -0.15) is 5.10 Å². The molecular weight excluding hydrogens is 218 g/mol. The molecule has 0 saturated carbocycles. The first-order valence-electron chi connectivity index (χ1n) is 5.98. The molecule has 2 saturated heterocycles. The van der Waals surface area contributed by atoms with E-state index in [4.69, 9.17) is 0 Å². The molecule has 0 radical (unpaired) electrons. The van der Waals surface area contributed by atoms with Gasteiger partial charge in [0, 0.05) is 46.0 Å². The van der Waals surface area contributed by atoms with Crippen LogP contribution in [0.3, 0.4) is 0 Å². The lowest BCUT2D eigenvalue weighted by Gasteiger charge is -2.43. The summed E-state index contributed by atoms with van der Waals surface area (Å²) in [5, 5.41) is 6.99. The molecule has 0 aromatic carbocycles. The Morgan fingerprint density at radius 2 is 2.35 bits per heavy atom. The van der Waals surface area contributed by atoms with Crippen LogP contribution < -0.4 is 5.32 Å². The van der Waals surface area contributed by atoms with Gasteiger partial charge < -0.3 is 10.2 Å².